The molecule has 1 amide bonds. The van der Waals surface area contributed by atoms with Crippen LogP contribution in [0.3, 0.4) is 0 Å². The zero-order chi connectivity index (χ0) is 22.3. The summed E-state index contributed by atoms with van der Waals surface area (Å²) < 4.78 is 0. The van der Waals surface area contributed by atoms with Crippen molar-refractivity contribution in [3.63, 3.8) is 0 Å². The Kier molecular flexibility index (Phi) is 7.71. The molecule has 1 aliphatic rings. The van der Waals surface area contributed by atoms with E-state index >= 15 is 0 Å². The first-order chi connectivity index (χ1) is 15.6. The van der Waals surface area contributed by atoms with Crippen LogP contribution in [0.15, 0.2) is 30.6 Å². The molecule has 3 aromatic rings. The van der Waals surface area contributed by atoms with E-state index in [9.17, 15) is 4.79 Å². The van der Waals surface area contributed by atoms with Gasteiger partial charge in [-0.05, 0) is 64.7 Å². The van der Waals surface area contributed by atoms with Gasteiger partial charge in [-0.1, -0.05) is 29.8 Å². The summed E-state index contributed by atoms with van der Waals surface area (Å²) in [6, 6.07) is 8.56. The van der Waals surface area contributed by atoms with E-state index in [0.29, 0.717) is 13.0 Å². The maximum atomic E-state index is 12.2. The van der Waals surface area contributed by atoms with Crippen LogP contribution in [0.1, 0.15) is 42.5 Å². The number of carbonyl (C=O) groups is 1. The van der Waals surface area contributed by atoms with Gasteiger partial charge < -0.3 is 15.5 Å². The number of rotatable bonds is 10. The molecule has 1 fully saturated rings. The van der Waals surface area contributed by atoms with Crippen LogP contribution in [0.2, 0.25) is 0 Å². The molecule has 0 bridgehead atoms. The van der Waals surface area contributed by atoms with Crippen molar-refractivity contribution in [2.24, 2.45) is 0 Å². The number of nitrogens with zero attached hydrogens (tertiary/aromatic N) is 3. The second kappa shape index (κ2) is 10.9. The molecule has 0 aliphatic carbocycles. The van der Waals surface area contributed by atoms with Crippen molar-refractivity contribution in [2.45, 2.75) is 46.0 Å². The van der Waals surface area contributed by atoms with Crippen LogP contribution in [0.4, 0.5) is 5.82 Å². The molecule has 170 valence electrons. The van der Waals surface area contributed by atoms with Crippen molar-refractivity contribution in [3.8, 4) is 11.1 Å². The summed E-state index contributed by atoms with van der Waals surface area (Å²) in [5.74, 6) is 0.887. The number of unbranched alkanes of at least 4 members (excludes halogenated alkanes) is 1. The van der Waals surface area contributed by atoms with Gasteiger partial charge in [-0.3, -0.25) is 4.79 Å². The highest BCUT2D eigenvalue weighted by Gasteiger charge is 2.17. The highest BCUT2D eigenvalue weighted by Crippen LogP contribution is 2.40. The number of anilines is 1. The monoisotopic (exact) mass is 451 g/mol. The van der Waals surface area contributed by atoms with Crippen LogP contribution in [0.25, 0.3) is 21.3 Å². The van der Waals surface area contributed by atoms with E-state index in [2.05, 4.69) is 63.6 Å². The second-order valence-electron chi connectivity index (χ2n) is 8.58. The number of amides is 1. The standard InChI is InChI=1S/C25H33N5OS/c1-18-7-9-20(10-8-18)22-19(2)32-25-23(22)24(28-17-29-25)27-13-11-21(31)26-12-3-4-14-30-15-5-6-16-30/h7-10,17H,3-6,11-16H2,1-2H3,(H,26,31)(H,27,28,29). The lowest BCUT2D eigenvalue weighted by atomic mass is 10.0. The maximum absolute atomic E-state index is 12.2. The van der Waals surface area contributed by atoms with Gasteiger partial charge in [-0.15, -0.1) is 11.3 Å². The Morgan fingerprint density at radius 3 is 2.62 bits per heavy atom. The van der Waals surface area contributed by atoms with E-state index in [1.807, 2.05) is 0 Å². The number of fused-ring (bicyclic) bond motifs is 1. The average molecular weight is 452 g/mol. The third kappa shape index (κ3) is 5.64. The summed E-state index contributed by atoms with van der Waals surface area (Å²) in [6.07, 6.45) is 6.88. The summed E-state index contributed by atoms with van der Waals surface area (Å²) in [4.78, 5) is 25.9. The molecule has 2 aromatic heterocycles. The smallest absolute Gasteiger partial charge is 0.221 e. The fourth-order valence-corrected chi connectivity index (χ4v) is 5.34. The minimum Gasteiger partial charge on any atom is -0.369 e. The molecule has 1 saturated heterocycles. The van der Waals surface area contributed by atoms with Crippen molar-refractivity contribution in [1.82, 2.24) is 20.2 Å². The van der Waals surface area contributed by atoms with Crippen molar-refractivity contribution < 1.29 is 4.79 Å². The molecule has 0 atom stereocenters. The number of aromatic nitrogens is 2. The molecule has 6 nitrogen and oxygen atoms in total. The van der Waals surface area contributed by atoms with E-state index in [1.54, 1.807) is 17.7 Å². The summed E-state index contributed by atoms with van der Waals surface area (Å²) in [5, 5.41) is 7.47. The number of hydrogen-bond acceptors (Lipinski definition) is 6. The lowest BCUT2D eigenvalue weighted by Crippen LogP contribution is -2.27. The van der Waals surface area contributed by atoms with Crippen molar-refractivity contribution in [3.05, 3.63) is 41.0 Å². The molecule has 0 unspecified atom stereocenters. The zero-order valence-corrected chi connectivity index (χ0v) is 19.9. The third-order valence-corrected chi connectivity index (χ3v) is 7.08. The van der Waals surface area contributed by atoms with Gasteiger partial charge in [0.1, 0.15) is 17.0 Å². The molecule has 0 radical (unpaired) electrons. The van der Waals surface area contributed by atoms with E-state index < -0.39 is 0 Å². The molecule has 2 N–H and O–H groups in total. The van der Waals surface area contributed by atoms with E-state index in [-0.39, 0.29) is 5.91 Å². The highest BCUT2D eigenvalue weighted by atomic mass is 32.1. The largest absolute Gasteiger partial charge is 0.369 e. The predicted molar refractivity (Wildman–Crippen MR) is 133 cm³/mol. The van der Waals surface area contributed by atoms with Crippen LogP contribution in [0.5, 0.6) is 0 Å². The summed E-state index contributed by atoms with van der Waals surface area (Å²) >= 11 is 1.68. The third-order valence-electron chi connectivity index (χ3n) is 6.07. The first-order valence-corrected chi connectivity index (χ1v) is 12.5. The number of hydrogen-bond donors (Lipinski definition) is 2. The van der Waals surface area contributed by atoms with Gasteiger partial charge in [-0.2, -0.15) is 0 Å². The fraction of sp³-hybridized carbons (Fsp3) is 0.480. The van der Waals surface area contributed by atoms with Crippen molar-refractivity contribution in [2.75, 3.05) is 38.0 Å². The van der Waals surface area contributed by atoms with Gasteiger partial charge >= 0.3 is 0 Å². The predicted octanol–water partition coefficient (Wildman–Crippen LogP) is 4.77. The van der Waals surface area contributed by atoms with Crippen LogP contribution in [0, 0.1) is 13.8 Å². The molecule has 1 aromatic carbocycles. The van der Waals surface area contributed by atoms with Gasteiger partial charge in [0.25, 0.3) is 0 Å². The van der Waals surface area contributed by atoms with Crippen LogP contribution >= 0.6 is 11.3 Å². The van der Waals surface area contributed by atoms with Crippen LogP contribution in [-0.2, 0) is 4.79 Å². The molecule has 1 aliphatic heterocycles. The van der Waals surface area contributed by atoms with Gasteiger partial charge in [0.05, 0.1) is 5.39 Å². The van der Waals surface area contributed by atoms with Crippen LogP contribution < -0.4 is 10.6 Å². The first-order valence-electron chi connectivity index (χ1n) is 11.7. The minimum absolute atomic E-state index is 0.0872. The Bertz CT molecular complexity index is 1040. The minimum atomic E-state index is 0.0872. The van der Waals surface area contributed by atoms with Crippen LogP contribution in [-0.4, -0.2) is 53.5 Å². The molecule has 32 heavy (non-hydrogen) atoms. The Morgan fingerprint density at radius 2 is 1.84 bits per heavy atom. The van der Waals surface area contributed by atoms with E-state index in [0.717, 1.165) is 42.0 Å². The van der Waals surface area contributed by atoms with Crippen molar-refractivity contribution >= 4 is 33.3 Å². The highest BCUT2D eigenvalue weighted by molar-refractivity contribution is 7.19. The molecular formula is C25H33N5OS. The van der Waals surface area contributed by atoms with Gasteiger partial charge in [0, 0.05) is 30.0 Å². The van der Waals surface area contributed by atoms with Gasteiger partial charge in [0.2, 0.25) is 5.91 Å². The average Bonchev–Trinajstić information content (AvgIpc) is 3.41. The Labute approximate surface area is 194 Å². The molecule has 0 spiro atoms. The van der Waals surface area contributed by atoms with E-state index in [4.69, 9.17) is 0 Å². The fourth-order valence-electron chi connectivity index (χ4n) is 4.32. The molecule has 7 heteroatoms. The second-order valence-corrected chi connectivity index (χ2v) is 9.79. The summed E-state index contributed by atoms with van der Waals surface area (Å²) in [7, 11) is 0. The SMILES string of the molecule is Cc1ccc(-c2c(C)sc3ncnc(NCCC(=O)NCCCCN4CCCC4)c23)cc1. The molecule has 3 heterocycles. The number of likely N-dealkylation sites (tertiary alicyclic amines) is 1. The Morgan fingerprint density at radius 1 is 1.06 bits per heavy atom. The topological polar surface area (TPSA) is 70.1 Å². The molecule has 4 rings (SSSR count). The van der Waals surface area contributed by atoms with Gasteiger partial charge in [-0.25, -0.2) is 9.97 Å². The van der Waals surface area contributed by atoms with Crippen molar-refractivity contribution in [1.29, 1.82) is 0 Å². The number of thiophene rings is 1. The summed E-state index contributed by atoms with van der Waals surface area (Å²) in [5.41, 5.74) is 3.59. The molecular weight excluding hydrogens is 418 g/mol. The van der Waals surface area contributed by atoms with E-state index in [1.165, 1.54) is 47.5 Å². The van der Waals surface area contributed by atoms with Gasteiger partial charge in [0.15, 0.2) is 0 Å². The normalized spacial score (nSPS) is 14.2. The maximum Gasteiger partial charge on any atom is 0.221 e. The Balaban J connectivity index is 1.30. The number of carbonyl (C=O) groups excluding carboxylic acids is 1. The number of nitrogens with one attached hydrogen (secondary N) is 2. The number of benzene rings is 1. The first kappa shape index (κ1) is 22.7. The summed E-state index contributed by atoms with van der Waals surface area (Å²) in [6.45, 7) is 9.16. The Hall–Kier alpha value is -2.51. The lowest BCUT2D eigenvalue weighted by molar-refractivity contribution is -0.120. The molecule has 0 saturated carbocycles. The lowest BCUT2D eigenvalue weighted by Gasteiger charge is -2.14. The number of aryl methyl sites for hydroxylation is 2. The quantitative estimate of drug-likeness (QED) is 0.435. The zero-order valence-electron chi connectivity index (χ0n) is 19.1.